The summed E-state index contributed by atoms with van der Waals surface area (Å²) in [5, 5.41) is 16.0. The summed E-state index contributed by atoms with van der Waals surface area (Å²) in [6.07, 6.45) is 4.53. The Morgan fingerprint density at radius 1 is 1.53 bits per heavy atom. The number of aliphatic hydroxyl groups excluding tert-OH is 1. The number of rotatable bonds is 4. The van der Waals surface area contributed by atoms with Crippen LogP contribution >= 0.6 is 22.9 Å². The third-order valence-corrected chi connectivity index (χ3v) is 5.24. The minimum Gasteiger partial charge on any atom is -0.394 e. The highest BCUT2D eigenvalue weighted by Crippen LogP contribution is 2.32. The fourth-order valence-electron chi connectivity index (χ4n) is 2.42. The molecule has 0 spiro atoms. The molecule has 17 heavy (non-hydrogen) atoms. The van der Waals surface area contributed by atoms with Gasteiger partial charge in [0.15, 0.2) is 0 Å². The maximum absolute atomic E-state index is 9.63. The van der Waals surface area contributed by atoms with Crippen LogP contribution in [0.15, 0.2) is 11.4 Å². The summed E-state index contributed by atoms with van der Waals surface area (Å²) in [4.78, 5) is 1.16. The number of nitrogens with one attached hydrogen (secondary N) is 1. The van der Waals surface area contributed by atoms with Crippen molar-refractivity contribution in [2.45, 2.75) is 44.7 Å². The summed E-state index contributed by atoms with van der Waals surface area (Å²) < 4.78 is 0. The van der Waals surface area contributed by atoms with E-state index in [1.165, 1.54) is 12.8 Å². The Bertz CT molecular complexity index is 358. The maximum Gasteiger partial charge on any atom is 0.0613 e. The van der Waals surface area contributed by atoms with Crippen LogP contribution in [0.2, 0.25) is 5.02 Å². The lowest BCUT2D eigenvalue weighted by Gasteiger charge is -2.39. The Balaban J connectivity index is 1.94. The van der Waals surface area contributed by atoms with Crippen LogP contribution in [0.3, 0.4) is 0 Å². The first-order valence-electron chi connectivity index (χ1n) is 6.23. The van der Waals surface area contributed by atoms with E-state index in [2.05, 4.69) is 12.2 Å². The topological polar surface area (TPSA) is 32.3 Å². The van der Waals surface area contributed by atoms with E-state index in [4.69, 9.17) is 11.6 Å². The largest absolute Gasteiger partial charge is 0.394 e. The molecule has 2 nitrogen and oxygen atoms in total. The van der Waals surface area contributed by atoms with Crippen molar-refractivity contribution < 1.29 is 5.11 Å². The minimum atomic E-state index is -0.0835. The highest BCUT2D eigenvalue weighted by Gasteiger charge is 2.33. The Labute approximate surface area is 112 Å². The summed E-state index contributed by atoms with van der Waals surface area (Å²) in [5.74, 6) is 0.793. The molecule has 0 bridgehead atoms. The van der Waals surface area contributed by atoms with Gasteiger partial charge in [-0.25, -0.2) is 0 Å². The zero-order chi connectivity index (χ0) is 12.3. The van der Waals surface area contributed by atoms with E-state index in [-0.39, 0.29) is 12.1 Å². The second-order valence-corrected chi connectivity index (χ2v) is 6.57. The van der Waals surface area contributed by atoms with Crippen molar-refractivity contribution in [3.8, 4) is 0 Å². The fraction of sp³-hybridized carbons (Fsp3) is 0.692. The summed E-state index contributed by atoms with van der Waals surface area (Å²) in [6.45, 7) is 3.28. The van der Waals surface area contributed by atoms with Crippen LogP contribution in [0.5, 0.6) is 0 Å². The molecular weight excluding hydrogens is 254 g/mol. The van der Waals surface area contributed by atoms with E-state index in [0.717, 1.165) is 35.2 Å². The molecule has 96 valence electrons. The lowest BCUT2D eigenvalue weighted by molar-refractivity contribution is 0.104. The molecule has 0 radical (unpaired) electrons. The van der Waals surface area contributed by atoms with Gasteiger partial charge in [-0.15, -0.1) is 11.3 Å². The van der Waals surface area contributed by atoms with Gasteiger partial charge in [0.05, 0.1) is 11.6 Å². The number of aliphatic hydroxyl groups is 1. The maximum atomic E-state index is 9.63. The van der Waals surface area contributed by atoms with E-state index in [9.17, 15) is 5.11 Å². The van der Waals surface area contributed by atoms with Gasteiger partial charge in [0.2, 0.25) is 0 Å². The van der Waals surface area contributed by atoms with Crippen LogP contribution < -0.4 is 5.32 Å². The van der Waals surface area contributed by atoms with E-state index in [1.54, 1.807) is 11.3 Å². The normalized spacial score (nSPS) is 29.5. The van der Waals surface area contributed by atoms with E-state index in [1.807, 2.05) is 11.4 Å². The zero-order valence-electron chi connectivity index (χ0n) is 10.2. The summed E-state index contributed by atoms with van der Waals surface area (Å²) in [7, 11) is 0. The average Bonchev–Trinajstić information content (AvgIpc) is 2.75. The predicted molar refractivity (Wildman–Crippen MR) is 73.6 cm³/mol. The first-order chi connectivity index (χ1) is 8.15. The molecule has 0 amide bonds. The minimum absolute atomic E-state index is 0.0835. The molecule has 2 N–H and O–H groups in total. The predicted octanol–water partition coefficient (Wildman–Crippen LogP) is 3.43. The molecule has 0 atom stereocenters. The van der Waals surface area contributed by atoms with E-state index >= 15 is 0 Å². The molecular formula is C13H20ClNOS. The Morgan fingerprint density at radius 3 is 2.76 bits per heavy atom. The number of hydrogen-bond donors (Lipinski definition) is 2. The van der Waals surface area contributed by atoms with Crippen molar-refractivity contribution in [1.82, 2.24) is 5.32 Å². The van der Waals surface area contributed by atoms with Crippen molar-refractivity contribution >= 4 is 22.9 Å². The van der Waals surface area contributed by atoms with Gasteiger partial charge in [-0.3, -0.25) is 0 Å². The smallest absolute Gasteiger partial charge is 0.0613 e. The zero-order valence-corrected chi connectivity index (χ0v) is 11.8. The second-order valence-electron chi connectivity index (χ2n) is 5.17. The van der Waals surface area contributed by atoms with Gasteiger partial charge < -0.3 is 10.4 Å². The van der Waals surface area contributed by atoms with Crippen molar-refractivity contribution in [2.75, 3.05) is 6.61 Å². The molecule has 1 aromatic rings. The Morgan fingerprint density at radius 2 is 2.24 bits per heavy atom. The van der Waals surface area contributed by atoms with Crippen LogP contribution in [-0.2, 0) is 6.54 Å². The van der Waals surface area contributed by atoms with Gasteiger partial charge in [-0.1, -0.05) is 18.5 Å². The van der Waals surface area contributed by atoms with Gasteiger partial charge >= 0.3 is 0 Å². The summed E-state index contributed by atoms with van der Waals surface area (Å²) in [5.41, 5.74) is -0.0835. The third kappa shape index (κ3) is 3.22. The molecule has 1 aromatic heterocycles. The van der Waals surface area contributed by atoms with Crippen LogP contribution in [0, 0.1) is 5.92 Å². The molecule has 1 aliphatic rings. The van der Waals surface area contributed by atoms with Crippen LogP contribution in [0.1, 0.15) is 37.5 Å². The molecule has 1 saturated carbocycles. The molecule has 1 heterocycles. The summed E-state index contributed by atoms with van der Waals surface area (Å²) >= 11 is 7.75. The number of thiophene rings is 1. The Hall–Kier alpha value is -0.0900. The van der Waals surface area contributed by atoms with Gasteiger partial charge in [0.25, 0.3) is 0 Å². The second kappa shape index (κ2) is 5.70. The fourth-order valence-corrected chi connectivity index (χ4v) is 3.47. The molecule has 0 aliphatic heterocycles. The highest BCUT2D eigenvalue weighted by atomic mass is 35.5. The SMILES string of the molecule is CC1CCC(CO)(NCc2sccc2Cl)CC1. The van der Waals surface area contributed by atoms with E-state index in [0.29, 0.717) is 0 Å². The average molecular weight is 274 g/mol. The number of hydrogen-bond acceptors (Lipinski definition) is 3. The third-order valence-electron chi connectivity index (χ3n) is 3.85. The van der Waals surface area contributed by atoms with Crippen molar-refractivity contribution in [3.05, 3.63) is 21.3 Å². The van der Waals surface area contributed by atoms with Gasteiger partial charge in [-0.05, 0) is 43.0 Å². The van der Waals surface area contributed by atoms with E-state index < -0.39 is 0 Å². The number of halogens is 1. The molecule has 0 unspecified atom stereocenters. The first-order valence-corrected chi connectivity index (χ1v) is 7.49. The van der Waals surface area contributed by atoms with Gasteiger partial charge in [-0.2, -0.15) is 0 Å². The van der Waals surface area contributed by atoms with Gasteiger partial charge in [0.1, 0.15) is 0 Å². The molecule has 4 heteroatoms. The van der Waals surface area contributed by atoms with Gasteiger partial charge in [0, 0.05) is 17.0 Å². The monoisotopic (exact) mass is 273 g/mol. The first kappa shape index (κ1) is 13.3. The molecule has 1 fully saturated rings. The van der Waals surface area contributed by atoms with Crippen molar-refractivity contribution in [2.24, 2.45) is 5.92 Å². The molecule has 0 saturated heterocycles. The molecule has 0 aromatic carbocycles. The van der Waals surface area contributed by atoms with Crippen molar-refractivity contribution in [3.63, 3.8) is 0 Å². The standard InChI is InChI=1S/C13H20ClNOS/c1-10-2-5-13(9-16,6-3-10)15-8-12-11(14)4-7-17-12/h4,7,10,15-16H,2-3,5-6,8-9H2,1H3. The summed E-state index contributed by atoms with van der Waals surface area (Å²) in [6, 6.07) is 1.93. The van der Waals surface area contributed by atoms with Crippen LogP contribution in [-0.4, -0.2) is 17.3 Å². The van der Waals surface area contributed by atoms with Crippen LogP contribution in [0.25, 0.3) is 0 Å². The van der Waals surface area contributed by atoms with Crippen molar-refractivity contribution in [1.29, 1.82) is 0 Å². The quantitative estimate of drug-likeness (QED) is 0.881. The van der Waals surface area contributed by atoms with Crippen LogP contribution in [0.4, 0.5) is 0 Å². The lowest BCUT2D eigenvalue weighted by Crippen LogP contribution is -2.50. The lowest BCUT2D eigenvalue weighted by atomic mass is 9.77. The highest BCUT2D eigenvalue weighted by molar-refractivity contribution is 7.10. The molecule has 1 aliphatic carbocycles. The Kier molecular flexibility index (Phi) is 4.47. The molecule has 2 rings (SSSR count).